The maximum Gasteiger partial charge on any atom is 0.248 e. The summed E-state index contributed by atoms with van der Waals surface area (Å²) < 4.78 is 5.44. The largest absolute Gasteiger partial charge is 0.337 e. The molecule has 0 bridgehead atoms. The third-order valence-corrected chi connectivity index (χ3v) is 3.43. The van der Waals surface area contributed by atoms with E-state index in [1.807, 2.05) is 0 Å². The van der Waals surface area contributed by atoms with E-state index in [1.165, 1.54) is 11.1 Å². The van der Waals surface area contributed by atoms with Crippen LogP contribution in [0.5, 0.6) is 0 Å². The third kappa shape index (κ3) is 2.54. The van der Waals surface area contributed by atoms with Gasteiger partial charge < -0.3 is 9.84 Å². The number of nitrogens with one attached hydrogen (secondary N) is 1. The Balaban J connectivity index is 1.89. The Morgan fingerprint density at radius 1 is 1.37 bits per heavy atom. The molecule has 0 fully saturated rings. The molecular weight excluding hydrogens is 238 g/mol. The first-order valence-corrected chi connectivity index (χ1v) is 6.87. The van der Waals surface area contributed by atoms with Crippen molar-refractivity contribution in [1.29, 1.82) is 0 Å². The van der Waals surface area contributed by atoms with Crippen molar-refractivity contribution < 1.29 is 4.52 Å². The van der Waals surface area contributed by atoms with Crippen molar-refractivity contribution in [2.24, 2.45) is 5.92 Å². The van der Waals surface area contributed by atoms with Crippen molar-refractivity contribution in [2.45, 2.75) is 32.7 Å². The Morgan fingerprint density at radius 2 is 2.21 bits per heavy atom. The molecule has 19 heavy (non-hydrogen) atoms. The Morgan fingerprint density at radius 3 is 3.05 bits per heavy atom. The van der Waals surface area contributed by atoms with E-state index >= 15 is 0 Å². The molecule has 1 atom stereocenters. The van der Waals surface area contributed by atoms with Crippen LogP contribution in [0.3, 0.4) is 0 Å². The van der Waals surface area contributed by atoms with Gasteiger partial charge in [0.1, 0.15) is 6.04 Å². The fourth-order valence-corrected chi connectivity index (χ4v) is 2.56. The number of fused-ring (bicyclic) bond motifs is 1. The number of hydrogen-bond donors (Lipinski definition) is 1. The van der Waals surface area contributed by atoms with Crippen LogP contribution in [0.4, 0.5) is 0 Å². The minimum absolute atomic E-state index is 0.0402. The minimum atomic E-state index is 0.0402. The second kappa shape index (κ2) is 5.13. The van der Waals surface area contributed by atoms with Crippen molar-refractivity contribution in [3.63, 3.8) is 0 Å². The number of aromatic nitrogens is 2. The van der Waals surface area contributed by atoms with Crippen LogP contribution in [0.2, 0.25) is 0 Å². The van der Waals surface area contributed by atoms with Gasteiger partial charge in [0.05, 0.1) is 0 Å². The molecule has 1 N–H and O–H groups in total. The molecule has 0 amide bonds. The number of benzene rings is 1. The SMILES string of the molecule is CC(C)Cc1noc(C2NCCc3ccccc32)n1. The normalized spacial score (nSPS) is 18.6. The second-order valence-corrected chi connectivity index (χ2v) is 5.48. The topological polar surface area (TPSA) is 51.0 Å². The molecule has 1 aliphatic rings. The maximum atomic E-state index is 5.44. The second-order valence-electron chi connectivity index (χ2n) is 5.48. The van der Waals surface area contributed by atoms with Gasteiger partial charge in [0.15, 0.2) is 5.82 Å². The lowest BCUT2D eigenvalue weighted by molar-refractivity contribution is 0.339. The smallest absolute Gasteiger partial charge is 0.248 e. The summed E-state index contributed by atoms with van der Waals surface area (Å²) >= 11 is 0. The number of rotatable bonds is 3. The fraction of sp³-hybridized carbons (Fsp3) is 0.467. The summed E-state index contributed by atoms with van der Waals surface area (Å²) in [6.07, 6.45) is 1.91. The maximum absolute atomic E-state index is 5.44. The van der Waals surface area contributed by atoms with E-state index in [0.717, 1.165) is 25.2 Å². The van der Waals surface area contributed by atoms with Crippen LogP contribution in [-0.4, -0.2) is 16.7 Å². The summed E-state index contributed by atoms with van der Waals surface area (Å²) in [5.41, 5.74) is 2.63. The molecule has 0 spiro atoms. The minimum Gasteiger partial charge on any atom is -0.337 e. The first kappa shape index (κ1) is 12.4. The lowest BCUT2D eigenvalue weighted by Crippen LogP contribution is -2.30. The predicted molar refractivity (Wildman–Crippen MR) is 72.8 cm³/mol. The molecule has 0 saturated carbocycles. The van der Waals surface area contributed by atoms with Crippen LogP contribution in [0.1, 0.15) is 42.7 Å². The summed E-state index contributed by atoms with van der Waals surface area (Å²) in [6.45, 7) is 5.26. The van der Waals surface area contributed by atoms with E-state index in [-0.39, 0.29) is 6.04 Å². The van der Waals surface area contributed by atoms with Gasteiger partial charge in [-0.3, -0.25) is 0 Å². The number of hydrogen-bond acceptors (Lipinski definition) is 4. The summed E-state index contributed by atoms with van der Waals surface area (Å²) in [6, 6.07) is 8.50. The van der Waals surface area contributed by atoms with Gasteiger partial charge in [0.25, 0.3) is 0 Å². The van der Waals surface area contributed by atoms with E-state index in [9.17, 15) is 0 Å². The van der Waals surface area contributed by atoms with E-state index in [1.54, 1.807) is 0 Å². The van der Waals surface area contributed by atoms with Crippen LogP contribution in [0, 0.1) is 5.92 Å². The molecule has 1 aromatic carbocycles. The molecule has 3 rings (SSSR count). The first-order valence-electron chi connectivity index (χ1n) is 6.87. The fourth-order valence-electron chi connectivity index (χ4n) is 2.56. The highest BCUT2D eigenvalue weighted by Crippen LogP contribution is 2.27. The Bertz CT molecular complexity index is 562. The van der Waals surface area contributed by atoms with Gasteiger partial charge in [0.2, 0.25) is 5.89 Å². The van der Waals surface area contributed by atoms with Crippen molar-refractivity contribution in [3.05, 3.63) is 47.1 Å². The molecule has 2 aromatic rings. The Labute approximate surface area is 113 Å². The molecule has 1 aromatic heterocycles. The van der Waals surface area contributed by atoms with Crippen LogP contribution in [0.15, 0.2) is 28.8 Å². The summed E-state index contributed by atoms with van der Waals surface area (Å²) in [4.78, 5) is 4.53. The van der Waals surface area contributed by atoms with Crippen LogP contribution < -0.4 is 5.32 Å². The van der Waals surface area contributed by atoms with Crippen LogP contribution >= 0.6 is 0 Å². The summed E-state index contributed by atoms with van der Waals surface area (Å²) in [7, 11) is 0. The van der Waals surface area contributed by atoms with E-state index in [4.69, 9.17) is 4.52 Å². The van der Waals surface area contributed by atoms with E-state index in [0.29, 0.717) is 11.8 Å². The molecule has 1 aliphatic heterocycles. The van der Waals surface area contributed by atoms with E-state index < -0.39 is 0 Å². The summed E-state index contributed by atoms with van der Waals surface area (Å²) in [5.74, 6) is 2.02. The van der Waals surface area contributed by atoms with Gasteiger partial charge >= 0.3 is 0 Å². The highest BCUT2D eigenvalue weighted by molar-refractivity contribution is 5.35. The average Bonchev–Trinajstić information content (AvgIpc) is 2.85. The molecule has 2 heterocycles. The molecule has 4 heteroatoms. The molecule has 0 saturated heterocycles. The molecule has 4 nitrogen and oxygen atoms in total. The van der Waals surface area contributed by atoms with Gasteiger partial charge in [0, 0.05) is 13.0 Å². The lowest BCUT2D eigenvalue weighted by Gasteiger charge is -2.23. The molecule has 100 valence electrons. The lowest BCUT2D eigenvalue weighted by atomic mass is 9.94. The van der Waals surface area contributed by atoms with Gasteiger partial charge in [-0.15, -0.1) is 0 Å². The van der Waals surface area contributed by atoms with Crippen molar-refractivity contribution in [2.75, 3.05) is 6.54 Å². The van der Waals surface area contributed by atoms with Crippen molar-refractivity contribution in [1.82, 2.24) is 15.5 Å². The van der Waals surface area contributed by atoms with Crippen molar-refractivity contribution >= 4 is 0 Å². The van der Waals surface area contributed by atoms with E-state index in [2.05, 4.69) is 53.6 Å². The molecule has 0 aliphatic carbocycles. The molecule has 1 unspecified atom stereocenters. The highest BCUT2D eigenvalue weighted by atomic mass is 16.5. The first-order chi connectivity index (χ1) is 9.24. The van der Waals surface area contributed by atoms with Gasteiger partial charge in [-0.2, -0.15) is 4.98 Å². The Kier molecular flexibility index (Phi) is 3.34. The van der Waals surface area contributed by atoms with Crippen LogP contribution in [0.25, 0.3) is 0 Å². The Hall–Kier alpha value is -1.68. The zero-order valence-electron chi connectivity index (χ0n) is 11.4. The molecular formula is C15H19N3O. The zero-order valence-corrected chi connectivity index (χ0v) is 11.4. The van der Waals surface area contributed by atoms with Gasteiger partial charge in [-0.1, -0.05) is 43.3 Å². The van der Waals surface area contributed by atoms with Crippen LogP contribution in [-0.2, 0) is 12.8 Å². The number of nitrogens with zero attached hydrogens (tertiary/aromatic N) is 2. The third-order valence-electron chi connectivity index (χ3n) is 3.43. The van der Waals surface area contributed by atoms with Gasteiger partial charge in [-0.25, -0.2) is 0 Å². The summed E-state index contributed by atoms with van der Waals surface area (Å²) in [5, 5.41) is 7.54. The zero-order chi connectivity index (χ0) is 13.2. The van der Waals surface area contributed by atoms with Crippen molar-refractivity contribution in [3.8, 4) is 0 Å². The molecule has 0 radical (unpaired) electrons. The predicted octanol–water partition coefficient (Wildman–Crippen LogP) is 2.50. The highest BCUT2D eigenvalue weighted by Gasteiger charge is 2.25. The van der Waals surface area contributed by atoms with Gasteiger partial charge in [-0.05, 0) is 23.5 Å². The standard InChI is InChI=1S/C15H19N3O/c1-10(2)9-13-17-15(19-18-13)14-12-6-4-3-5-11(12)7-8-16-14/h3-6,10,14,16H,7-9H2,1-2H3. The quantitative estimate of drug-likeness (QED) is 0.918. The monoisotopic (exact) mass is 257 g/mol. The average molecular weight is 257 g/mol.